The first kappa shape index (κ1) is 18.6. The number of tetrazole rings is 1. The van der Waals surface area contributed by atoms with Crippen molar-refractivity contribution in [3.8, 4) is 11.4 Å². The summed E-state index contributed by atoms with van der Waals surface area (Å²) < 4.78 is 0.899. The largest absolute Gasteiger partial charge is 0.354 e. The van der Waals surface area contributed by atoms with Crippen molar-refractivity contribution in [1.29, 1.82) is 0 Å². The highest BCUT2D eigenvalue weighted by Gasteiger charge is 2.12. The SMILES string of the molecule is CCCC[C@H](CC)CNC(=O)Cn1nnc(-c2ccccc2Br)n1. The van der Waals surface area contributed by atoms with E-state index in [1.165, 1.54) is 17.6 Å². The topological polar surface area (TPSA) is 72.7 Å². The quantitative estimate of drug-likeness (QED) is 0.707. The Morgan fingerprint density at radius 2 is 2.12 bits per heavy atom. The Morgan fingerprint density at radius 1 is 1.33 bits per heavy atom. The predicted octanol–water partition coefficient (Wildman–Crippen LogP) is 3.44. The van der Waals surface area contributed by atoms with Crippen LogP contribution in [0, 0.1) is 5.92 Å². The molecule has 0 aliphatic heterocycles. The van der Waals surface area contributed by atoms with Crippen LogP contribution in [0.5, 0.6) is 0 Å². The molecule has 6 nitrogen and oxygen atoms in total. The van der Waals surface area contributed by atoms with E-state index in [4.69, 9.17) is 0 Å². The number of amides is 1. The fourth-order valence-corrected chi connectivity index (χ4v) is 2.91. The van der Waals surface area contributed by atoms with E-state index in [1.54, 1.807) is 0 Å². The summed E-state index contributed by atoms with van der Waals surface area (Å²) in [4.78, 5) is 13.4. The maximum atomic E-state index is 12.1. The van der Waals surface area contributed by atoms with Crippen molar-refractivity contribution >= 4 is 21.8 Å². The average molecular weight is 394 g/mol. The van der Waals surface area contributed by atoms with Crippen molar-refractivity contribution in [2.45, 2.75) is 46.1 Å². The third-order valence-corrected chi connectivity index (χ3v) is 4.68. The predicted molar refractivity (Wildman–Crippen MR) is 97.3 cm³/mol. The monoisotopic (exact) mass is 393 g/mol. The smallest absolute Gasteiger partial charge is 0.243 e. The van der Waals surface area contributed by atoms with Crippen LogP contribution in [0.3, 0.4) is 0 Å². The number of nitrogens with zero attached hydrogens (tertiary/aromatic N) is 4. The molecule has 2 aromatic rings. The Balaban J connectivity index is 1.88. The Kier molecular flexibility index (Phi) is 7.36. The van der Waals surface area contributed by atoms with Crippen LogP contribution in [0.15, 0.2) is 28.7 Å². The summed E-state index contributed by atoms with van der Waals surface area (Å²) in [6.07, 6.45) is 4.62. The molecule has 130 valence electrons. The van der Waals surface area contributed by atoms with Gasteiger partial charge in [0.2, 0.25) is 11.7 Å². The Hall–Kier alpha value is -1.76. The van der Waals surface area contributed by atoms with Crippen LogP contribution in [0.1, 0.15) is 39.5 Å². The van der Waals surface area contributed by atoms with Gasteiger partial charge in [0, 0.05) is 16.6 Å². The summed E-state index contributed by atoms with van der Waals surface area (Å²) in [6, 6.07) is 7.66. The van der Waals surface area contributed by atoms with Gasteiger partial charge in [-0.05, 0) is 29.7 Å². The summed E-state index contributed by atoms with van der Waals surface area (Å²) in [6.45, 7) is 5.14. The van der Waals surface area contributed by atoms with Crippen molar-refractivity contribution in [1.82, 2.24) is 25.5 Å². The van der Waals surface area contributed by atoms with Crippen molar-refractivity contribution in [3.05, 3.63) is 28.7 Å². The molecule has 0 fully saturated rings. The number of unbranched alkanes of at least 4 members (excludes halogenated alkanes) is 1. The van der Waals surface area contributed by atoms with Crippen LogP contribution in [0.2, 0.25) is 0 Å². The maximum Gasteiger partial charge on any atom is 0.243 e. The van der Waals surface area contributed by atoms with E-state index >= 15 is 0 Å². The van der Waals surface area contributed by atoms with Gasteiger partial charge < -0.3 is 5.32 Å². The van der Waals surface area contributed by atoms with Gasteiger partial charge in [0.15, 0.2) is 0 Å². The third-order valence-electron chi connectivity index (χ3n) is 3.98. The highest BCUT2D eigenvalue weighted by molar-refractivity contribution is 9.10. The van der Waals surface area contributed by atoms with Crippen LogP contribution >= 0.6 is 15.9 Å². The molecule has 0 spiro atoms. The van der Waals surface area contributed by atoms with E-state index in [0.717, 1.165) is 22.9 Å². The number of benzene rings is 1. The Morgan fingerprint density at radius 3 is 2.83 bits per heavy atom. The normalized spacial score (nSPS) is 12.1. The lowest BCUT2D eigenvalue weighted by atomic mass is 9.99. The van der Waals surface area contributed by atoms with Gasteiger partial charge in [0.25, 0.3) is 0 Å². The molecule has 1 aromatic carbocycles. The molecule has 24 heavy (non-hydrogen) atoms. The molecular formula is C17H24BrN5O. The highest BCUT2D eigenvalue weighted by atomic mass is 79.9. The standard InChI is InChI=1S/C17H24BrN5O/c1-3-5-8-13(4-2)11-19-16(24)12-23-21-17(20-22-23)14-9-6-7-10-15(14)18/h6-7,9-10,13H,3-5,8,11-12H2,1-2H3,(H,19,24)/t13-/m0/s1. The fourth-order valence-electron chi connectivity index (χ4n) is 2.45. The van der Waals surface area contributed by atoms with Crippen molar-refractivity contribution < 1.29 is 4.79 Å². The third kappa shape index (κ3) is 5.40. The first-order valence-electron chi connectivity index (χ1n) is 8.43. The van der Waals surface area contributed by atoms with Crippen molar-refractivity contribution in [2.75, 3.05) is 6.54 Å². The molecule has 0 bridgehead atoms. The number of rotatable bonds is 9. The minimum Gasteiger partial charge on any atom is -0.354 e. The summed E-state index contributed by atoms with van der Waals surface area (Å²) >= 11 is 3.47. The van der Waals surface area contributed by atoms with Gasteiger partial charge in [-0.3, -0.25) is 4.79 Å². The fraction of sp³-hybridized carbons (Fsp3) is 0.529. The van der Waals surface area contributed by atoms with Gasteiger partial charge in [-0.2, -0.15) is 4.80 Å². The molecule has 7 heteroatoms. The van der Waals surface area contributed by atoms with Gasteiger partial charge in [-0.15, -0.1) is 10.2 Å². The molecule has 0 saturated heterocycles. The molecule has 1 aromatic heterocycles. The number of aromatic nitrogens is 4. The minimum atomic E-state index is -0.0824. The maximum absolute atomic E-state index is 12.1. The highest BCUT2D eigenvalue weighted by Crippen LogP contribution is 2.24. The van der Waals surface area contributed by atoms with Crippen LogP contribution in [0.4, 0.5) is 0 Å². The second-order valence-corrected chi connectivity index (χ2v) is 6.70. The minimum absolute atomic E-state index is 0.0824. The Bertz CT molecular complexity index is 658. The van der Waals surface area contributed by atoms with E-state index < -0.39 is 0 Å². The number of hydrogen-bond acceptors (Lipinski definition) is 4. The number of nitrogens with one attached hydrogen (secondary N) is 1. The van der Waals surface area contributed by atoms with E-state index in [0.29, 0.717) is 18.3 Å². The average Bonchev–Trinajstić information content (AvgIpc) is 3.03. The lowest BCUT2D eigenvalue weighted by Gasteiger charge is -2.14. The summed E-state index contributed by atoms with van der Waals surface area (Å²) in [5, 5.41) is 15.2. The van der Waals surface area contributed by atoms with Crippen LogP contribution < -0.4 is 5.32 Å². The molecular weight excluding hydrogens is 370 g/mol. The van der Waals surface area contributed by atoms with Crippen molar-refractivity contribution in [2.24, 2.45) is 5.92 Å². The summed E-state index contributed by atoms with van der Waals surface area (Å²) in [7, 11) is 0. The molecule has 1 amide bonds. The molecule has 1 atom stereocenters. The van der Waals surface area contributed by atoms with Crippen molar-refractivity contribution in [3.63, 3.8) is 0 Å². The molecule has 0 aliphatic carbocycles. The molecule has 2 rings (SSSR count). The summed E-state index contributed by atoms with van der Waals surface area (Å²) in [5.41, 5.74) is 0.856. The molecule has 1 heterocycles. The molecule has 0 unspecified atom stereocenters. The van der Waals surface area contributed by atoms with Gasteiger partial charge in [-0.1, -0.05) is 61.2 Å². The molecule has 0 saturated carbocycles. The zero-order chi connectivity index (χ0) is 17.4. The van der Waals surface area contributed by atoms with Crippen LogP contribution in [-0.4, -0.2) is 32.7 Å². The summed E-state index contributed by atoms with van der Waals surface area (Å²) in [5.74, 6) is 0.958. The van der Waals surface area contributed by atoms with E-state index in [2.05, 4.69) is 50.5 Å². The lowest BCUT2D eigenvalue weighted by Crippen LogP contribution is -2.32. The first-order chi connectivity index (χ1) is 11.6. The van der Waals surface area contributed by atoms with E-state index in [1.807, 2.05) is 24.3 Å². The van der Waals surface area contributed by atoms with E-state index in [9.17, 15) is 4.79 Å². The zero-order valence-electron chi connectivity index (χ0n) is 14.2. The van der Waals surface area contributed by atoms with Gasteiger partial charge in [-0.25, -0.2) is 0 Å². The molecule has 1 N–H and O–H groups in total. The second-order valence-electron chi connectivity index (χ2n) is 5.84. The zero-order valence-corrected chi connectivity index (χ0v) is 15.8. The number of carbonyl (C=O) groups excluding carboxylic acids is 1. The van der Waals surface area contributed by atoms with Crippen LogP contribution in [0.25, 0.3) is 11.4 Å². The van der Waals surface area contributed by atoms with E-state index in [-0.39, 0.29) is 12.5 Å². The van der Waals surface area contributed by atoms with Gasteiger partial charge in [0.05, 0.1) is 0 Å². The molecule has 0 aliphatic rings. The first-order valence-corrected chi connectivity index (χ1v) is 9.22. The van der Waals surface area contributed by atoms with Crippen LogP contribution in [-0.2, 0) is 11.3 Å². The molecule has 0 radical (unpaired) electrons. The number of halogens is 1. The van der Waals surface area contributed by atoms with Gasteiger partial charge >= 0.3 is 0 Å². The number of hydrogen-bond donors (Lipinski definition) is 1. The van der Waals surface area contributed by atoms with Gasteiger partial charge in [0.1, 0.15) is 6.54 Å². The Labute approximate surface area is 151 Å². The number of carbonyl (C=O) groups is 1. The lowest BCUT2D eigenvalue weighted by molar-refractivity contribution is -0.122. The second kappa shape index (κ2) is 9.52.